The van der Waals surface area contributed by atoms with Crippen molar-refractivity contribution in [1.29, 1.82) is 0 Å². The van der Waals surface area contributed by atoms with Crippen LogP contribution in [0, 0.1) is 11.3 Å². The first kappa shape index (κ1) is 16.1. The summed E-state index contributed by atoms with van der Waals surface area (Å²) >= 11 is 0. The van der Waals surface area contributed by atoms with Gasteiger partial charge in [-0.05, 0) is 57.4 Å². The number of aromatic nitrogens is 1. The smallest absolute Gasteiger partial charge is 0.255 e. The Bertz CT molecular complexity index is 557. The molecule has 5 nitrogen and oxygen atoms in total. The molecule has 23 heavy (non-hydrogen) atoms. The van der Waals surface area contributed by atoms with Crippen LogP contribution >= 0.6 is 0 Å². The maximum absolute atomic E-state index is 12.4. The number of nitrogens with one attached hydrogen (secondary N) is 2. The summed E-state index contributed by atoms with van der Waals surface area (Å²) in [5.41, 5.74) is 1.01. The molecular formula is C18H27N3O2. The van der Waals surface area contributed by atoms with Crippen molar-refractivity contribution in [2.24, 2.45) is 11.3 Å². The first-order valence-corrected chi connectivity index (χ1v) is 8.72. The third-order valence-corrected chi connectivity index (χ3v) is 5.46. The van der Waals surface area contributed by atoms with Crippen molar-refractivity contribution in [2.45, 2.75) is 52.0 Å². The first-order valence-electron chi connectivity index (χ1n) is 8.72. The highest BCUT2D eigenvalue weighted by Gasteiger charge is 2.44. The summed E-state index contributed by atoms with van der Waals surface area (Å²) in [6.07, 6.45) is 8.68. The second kappa shape index (κ2) is 6.38. The van der Waals surface area contributed by atoms with Crippen LogP contribution in [0.5, 0.6) is 0 Å². The average molecular weight is 317 g/mol. The van der Waals surface area contributed by atoms with Crippen molar-refractivity contribution in [1.82, 2.24) is 15.2 Å². The molecule has 1 aliphatic carbocycles. The van der Waals surface area contributed by atoms with Gasteiger partial charge in [0.2, 0.25) is 5.91 Å². The molecule has 1 aromatic rings. The summed E-state index contributed by atoms with van der Waals surface area (Å²) < 4.78 is 0. The van der Waals surface area contributed by atoms with E-state index in [0.29, 0.717) is 0 Å². The van der Waals surface area contributed by atoms with Gasteiger partial charge in [0.15, 0.2) is 0 Å². The van der Waals surface area contributed by atoms with Crippen LogP contribution in [-0.2, 0) is 4.79 Å². The lowest BCUT2D eigenvalue weighted by Crippen LogP contribution is -2.42. The number of hydrogen-bond donors (Lipinski definition) is 2. The number of amides is 2. The lowest BCUT2D eigenvalue weighted by atomic mass is 9.76. The van der Waals surface area contributed by atoms with E-state index in [1.807, 2.05) is 24.8 Å². The Morgan fingerprint density at radius 3 is 2.65 bits per heavy atom. The van der Waals surface area contributed by atoms with Crippen molar-refractivity contribution < 1.29 is 9.59 Å². The second-order valence-electron chi connectivity index (χ2n) is 7.49. The first-order chi connectivity index (χ1) is 11.0. The Balaban J connectivity index is 1.55. The van der Waals surface area contributed by atoms with Gasteiger partial charge in [0.25, 0.3) is 5.91 Å². The molecule has 2 N–H and O–H groups in total. The third kappa shape index (κ3) is 3.43. The zero-order valence-corrected chi connectivity index (χ0v) is 14.1. The Hall–Kier alpha value is -1.78. The normalized spacial score (nSPS) is 23.4. The maximum Gasteiger partial charge on any atom is 0.255 e. The number of likely N-dealkylation sites (tertiary alicyclic amines) is 1. The molecule has 2 fully saturated rings. The van der Waals surface area contributed by atoms with E-state index < -0.39 is 0 Å². The predicted octanol–water partition coefficient (Wildman–Crippen LogP) is 2.56. The zero-order valence-electron chi connectivity index (χ0n) is 14.1. The Kier molecular flexibility index (Phi) is 4.46. The molecule has 0 radical (unpaired) electrons. The van der Waals surface area contributed by atoms with E-state index in [-0.39, 0.29) is 29.2 Å². The van der Waals surface area contributed by atoms with Crippen LogP contribution in [0.4, 0.5) is 0 Å². The molecule has 1 saturated heterocycles. The Morgan fingerprint density at radius 2 is 2.04 bits per heavy atom. The fraction of sp³-hybridized carbons (Fsp3) is 0.667. The average Bonchev–Trinajstić information content (AvgIpc) is 3.17. The van der Waals surface area contributed by atoms with Crippen molar-refractivity contribution in [3.8, 4) is 0 Å². The molecule has 3 rings (SSSR count). The van der Waals surface area contributed by atoms with Crippen LogP contribution in [0.3, 0.4) is 0 Å². The van der Waals surface area contributed by atoms with Crippen molar-refractivity contribution in [3.63, 3.8) is 0 Å². The molecule has 1 aliphatic heterocycles. The standard InChI is InChI=1S/C18H27N3O2/c1-13(2)20-16(22)14-3-5-18(11-14)6-9-21(10-7-18)17(23)15-4-8-19-12-15/h4,8,12-14,19H,3,5-7,9-11H2,1-2H3,(H,20,22). The van der Waals surface area contributed by atoms with Crippen LogP contribution in [0.1, 0.15) is 56.3 Å². The number of hydrogen-bond acceptors (Lipinski definition) is 2. The fourth-order valence-electron chi connectivity index (χ4n) is 4.11. The Labute approximate surface area is 137 Å². The highest BCUT2D eigenvalue weighted by Crippen LogP contribution is 2.49. The van der Waals surface area contributed by atoms with E-state index in [1.54, 1.807) is 12.4 Å². The SMILES string of the molecule is CC(C)NC(=O)C1CCC2(CCN(C(=O)c3cc[nH]c3)CC2)C1. The zero-order chi connectivity index (χ0) is 16.4. The van der Waals surface area contributed by atoms with Crippen LogP contribution in [0.2, 0.25) is 0 Å². The van der Waals surface area contributed by atoms with E-state index in [0.717, 1.165) is 50.8 Å². The molecule has 2 aliphatic rings. The van der Waals surface area contributed by atoms with E-state index in [1.165, 1.54) is 0 Å². The number of piperidine rings is 1. The summed E-state index contributed by atoms with van der Waals surface area (Å²) in [4.78, 5) is 29.5. The molecule has 1 unspecified atom stereocenters. The molecule has 1 spiro atoms. The summed E-state index contributed by atoms with van der Waals surface area (Å²) in [7, 11) is 0. The van der Waals surface area contributed by atoms with E-state index >= 15 is 0 Å². The van der Waals surface area contributed by atoms with E-state index in [9.17, 15) is 9.59 Å². The van der Waals surface area contributed by atoms with E-state index in [4.69, 9.17) is 0 Å². The topological polar surface area (TPSA) is 65.2 Å². The van der Waals surface area contributed by atoms with Gasteiger partial charge in [-0.2, -0.15) is 0 Å². The highest BCUT2D eigenvalue weighted by atomic mass is 16.2. The van der Waals surface area contributed by atoms with Gasteiger partial charge in [0.1, 0.15) is 0 Å². The fourth-order valence-corrected chi connectivity index (χ4v) is 4.11. The number of aromatic amines is 1. The van der Waals surface area contributed by atoms with Crippen LogP contribution in [-0.4, -0.2) is 40.8 Å². The lowest BCUT2D eigenvalue weighted by molar-refractivity contribution is -0.125. The largest absolute Gasteiger partial charge is 0.367 e. The third-order valence-electron chi connectivity index (χ3n) is 5.46. The van der Waals surface area contributed by atoms with Crippen LogP contribution < -0.4 is 5.32 Å². The van der Waals surface area contributed by atoms with Gasteiger partial charge in [-0.3, -0.25) is 9.59 Å². The van der Waals surface area contributed by atoms with Gasteiger partial charge in [-0.25, -0.2) is 0 Å². The molecule has 2 heterocycles. The Morgan fingerprint density at radius 1 is 1.30 bits per heavy atom. The van der Waals surface area contributed by atoms with Crippen LogP contribution in [0.25, 0.3) is 0 Å². The molecule has 0 bridgehead atoms. The summed E-state index contributed by atoms with van der Waals surface area (Å²) in [6, 6.07) is 2.04. The van der Waals surface area contributed by atoms with Gasteiger partial charge in [-0.15, -0.1) is 0 Å². The van der Waals surface area contributed by atoms with Gasteiger partial charge in [-0.1, -0.05) is 0 Å². The molecule has 0 aromatic carbocycles. The number of rotatable bonds is 3. The van der Waals surface area contributed by atoms with Crippen molar-refractivity contribution in [2.75, 3.05) is 13.1 Å². The lowest BCUT2D eigenvalue weighted by Gasteiger charge is -2.39. The molecular weight excluding hydrogens is 290 g/mol. The number of carbonyl (C=O) groups excluding carboxylic acids is 2. The number of carbonyl (C=O) groups is 2. The van der Waals surface area contributed by atoms with Gasteiger partial charge in [0.05, 0.1) is 5.56 Å². The molecule has 5 heteroatoms. The van der Waals surface area contributed by atoms with Gasteiger partial charge in [0, 0.05) is 37.4 Å². The molecule has 2 amide bonds. The summed E-state index contributed by atoms with van der Waals surface area (Å²) in [5.74, 6) is 0.486. The van der Waals surface area contributed by atoms with Crippen molar-refractivity contribution >= 4 is 11.8 Å². The maximum atomic E-state index is 12.4. The highest BCUT2D eigenvalue weighted by molar-refractivity contribution is 5.94. The predicted molar refractivity (Wildman–Crippen MR) is 89.0 cm³/mol. The summed E-state index contributed by atoms with van der Waals surface area (Å²) in [5, 5.41) is 3.05. The molecule has 1 saturated carbocycles. The minimum atomic E-state index is 0.119. The summed E-state index contributed by atoms with van der Waals surface area (Å²) in [6.45, 7) is 5.63. The number of H-pyrrole nitrogens is 1. The van der Waals surface area contributed by atoms with Crippen LogP contribution in [0.15, 0.2) is 18.5 Å². The second-order valence-corrected chi connectivity index (χ2v) is 7.49. The molecule has 126 valence electrons. The number of nitrogens with zero attached hydrogens (tertiary/aromatic N) is 1. The minimum Gasteiger partial charge on any atom is -0.367 e. The van der Waals surface area contributed by atoms with Crippen molar-refractivity contribution in [3.05, 3.63) is 24.0 Å². The van der Waals surface area contributed by atoms with Gasteiger partial charge >= 0.3 is 0 Å². The quantitative estimate of drug-likeness (QED) is 0.900. The molecule has 1 atom stereocenters. The monoisotopic (exact) mass is 317 g/mol. The molecule has 1 aromatic heterocycles. The minimum absolute atomic E-state index is 0.119. The van der Waals surface area contributed by atoms with Gasteiger partial charge < -0.3 is 15.2 Å². The van der Waals surface area contributed by atoms with E-state index in [2.05, 4.69) is 10.3 Å².